The van der Waals surface area contributed by atoms with Crippen LogP contribution >= 0.6 is 23.4 Å². The average Bonchev–Trinajstić information content (AvgIpc) is 3.12. The Bertz CT molecular complexity index is 1060. The molecule has 0 saturated carbocycles. The molecule has 1 amide bonds. The van der Waals surface area contributed by atoms with Gasteiger partial charge in [-0.05, 0) is 30.3 Å². The summed E-state index contributed by atoms with van der Waals surface area (Å²) in [5.74, 6) is 2.31. The summed E-state index contributed by atoms with van der Waals surface area (Å²) in [5.41, 5.74) is 1.25. The van der Waals surface area contributed by atoms with E-state index in [0.717, 1.165) is 5.56 Å². The van der Waals surface area contributed by atoms with E-state index in [9.17, 15) is 4.79 Å². The minimum Gasteiger partial charge on any atom is -0.497 e. The van der Waals surface area contributed by atoms with Gasteiger partial charge in [-0.25, -0.2) is 0 Å². The van der Waals surface area contributed by atoms with E-state index in [-0.39, 0.29) is 11.7 Å². The predicted octanol–water partition coefficient (Wildman–Crippen LogP) is 3.89. The fourth-order valence-corrected chi connectivity index (χ4v) is 3.64. The number of carbonyl (C=O) groups excluding carboxylic acids is 1. The highest BCUT2D eigenvalue weighted by Gasteiger charge is 2.17. The van der Waals surface area contributed by atoms with Gasteiger partial charge in [0.15, 0.2) is 11.0 Å². The summed E-state index contributed by atoms with van der Waals surface area (Å²) in [6, 6.07) is 10.5. The zero-order valence-corrected chi connectivity index (χ0v) is 18.5. The Labute approximate surface area is 183 Å². The Morgan fingerprint density at radius 1 is 1.07 bits per heavy atom. The van der Waals surface area contributed by atoms with Crippen LogP contribution in [0.15, 0.2) is 41.6 Å². The van der Waals surface area contributed by atoms with Crippen LogP contribution in [0, 0.1) is 0 Å². The van der Waals surface area contributed by atoms with Gasteiger partial charge in [-0.3, -0.25) is 4.79 Å². The first-order valence-electron chi connectivity index (χ1n) is 8.84. The second-order valence-corrected chi connectivity index (χ2v) is 7.49. The molecular formula is C20H21ClN4O4S. The summed E-state index contributed by atoms with van der Waals surface area (Å²) >= 11 is 7.38. The van der Waals surface area contributed by atoms with Crippen LogP contribution in [-0.2, 0) is 11.8 Å². The second-order valence-electron chi connectivity index (χ2n) is 6.11. The van der Waals surface area contributed by atoms with Crippen molar-refractivity contribution in [3.8, 4) is 28.6 Å². The van der Waals surface area contributed by atoms with Crippen LogP contribution < -0.4 is 19.5 Å². The number of ether oxygens (including phenoxy) is 3. The summed E-state index contributed by atoms with van der Waals surface area (Å²) < 4.78 is 17.7. The molecule has 0 unspecified atom stereocenters. The van der Waals surface area contributed by atoms with Crippen molar-refractivity contribution in [2.75, 3.05) is 32.4 Å². The van der Waals surface area contributed by atoms with Gasteiger partial charge in [0.25, 0.3) is 0 Å². The quantitative estimate of drug-likeness (QED) is 0.523. The number of rotatable bonds is 8. The number of methoxy groups -OCH3 is 3. The first-order chi connectivity index (χ1) is 14.5. The Hall–Kier alpha value is -2.91. The molecule has 0 aliphatic carbocycles. The van der Waals surface area contributed by atoms with Crippen LogP contribution in [0.1, 0.15) is 0 Å². The largest absolute Gasteiger partial charge is 0.497 e. The van der Waals surface area contributed by atoms with E-state index in [1.165, 1.54) is 18.9 Å². The van der Waals surface area contributed by atoms with Crippen molar-refractivity contribution >= 4 is 35.0 Å². The third kappa shape index (κ3) is 4.80. The molecule has 0 aliphatic rings. The number of anilines is 1. The van der Waals surface area contributed by atoms with Gasteiger partial charge in [0.05, 0.1) is 38.3 Å². The fourth-order valence-electron chi connectivity index (χ4n) is 2.76. The van der Waals surface area contributed by atoms with Gasteiger partial charge >= 0.3 is 0 Å². The highest BCUT2D eigenvalue weighted by molar-refractivity contribution is 7.99. The molecule has 8 nitrogen and oxygen atoms in total. The van der Waals surface area contributed by atoms with Crippen molar-refractivity contribution < 1.29 is 19.0 Å². The average molecular weight is 449 g/mol. The topological polar surface area (TPSA) is 87.5 Å². The summed E-state index contributed by atoms with van der Waals surface area (Å²) in [7, 11) is 6.50. The van der Waals surface area contributed by atoms with E-state index in [2.05, 4.69) is 15.5 Å². The molecule has 3 rings (SSSR count). The van der Waals surface area contributed by atoms with Crippen molar-refractivity contribution in [1.82, 2.24) is 14.8 Å². The van der Waals surface area contributed by atoms with Gasteiger partial charge < -0.3 is 24.1 Å². The standard InChI is InChI=1S/C20H21ClN4O4S/c1-25-19(14-9-12(21)5-7-16(14)28-3)23-24-20(25)30-11-18(26)22-15-10-13(27-2)6-8-17(15)29-4/h5-10H,11H2,1-4H3,(H,22,26). The Morgan fingerprint density at radius 2 is 1.80 bits per heavy atom. The van der Waals surface area contributed by atoms with Gasteiger partial charge in [0, 0.05) is 18.1 Å². The zero-order valence-electron chi connectivity index (χ0n) is 16.9. The molecule has 10 heteroatoms. The maximum atomic E-state index is 12.5. The molecule has 0 radical (unpaired) electrons. The number of benzene rings is 2. The maximum absolute atomic E-state index is 12.5. The van der Waals surface area contributed by atoms with Crippen molar-refractivity contribution in [2.24, 2.45) is 7.05 Å². The lowest BCUT2D eigenvalue weighted by molar-refractivity contribution is -0.113. The molecule has 1 N–H and O–H groups in total. The first-order valence-corrected chi connectivity index (χ1v) is 10.2. The van der Waals surface area contributed by atoms with E-state index in [0.29, 0.717) is 38.9 Å². The number of thioether (sulfide) groups is 1. The lowest BCUT2D eigenvalue weighted by atomic mass is 10.2. The minimum atomic E-state index is -0.212. The SMILES string of the molecule is COc1ccc(OC)c(NC(=O)CSc2nnc(-c3cc(Cl)ccc3OC)n2C)c1. The molecule has 0 bridgehead atoms. The molecule has 0 saturated heterocycles. The van der Waals surface area contributed by atoms with Crippen molar-refractivity contribution in [2.45, 2.75) is 5.16 Å². The van der Waals surface area contributed by atoms with E-state index >= 15 is 0 Å². The third-order valence-electron chi connectivity index (χ3n) is 4.25. The molecule has 0 spiro atoms. The summed E-state index contributed by atoms with van der Waals surface area (Å²) in [6.45, 7) is 0. The van der Waals surface area contributed by atoms with Crippen LogP contribution in [0.5, 0.6) is 17.2 Å². The zero-order chi connectivity index (χ0) is 21.7. The molecule has 0 aliphatic heterocycles. The van der Waals surface area contributed by atoms with Crippen molar-refractivity contribution in [1.29, 1.82) is 0 Å². The van der Waals surface area contributed by atoms with Crippen LogP contribution in [0.3, 0.4) is 0 Å². The van der Waals surface area contributed by atoms with Gasteiger partial charge in [0.1, 0.15) is 17.2 Å². The predicted molar refractivity (Wildman–Crippen MR) is 117 cm³/mol. The molecule has 158 valence electrons. The number of hydrogen-bond acceptors (Lipinski definition) is 7. The van der Waals surface area contributed by atoms with Gasteiger partial charge in [0.2, 0.25) is 5.91 Å². The molecule has 1 aromatic heterocycles. The molecule has 0 fully saturated rings. The fraction of sp³-hybridized carbons (Fsp3) is 0.250. The van der Waals surface area contributed by atoms with Crippen molar-refractivity contribution in [3.05, 3.63) is 41.4 Å². The normalized spacial score (nSPS) is 10.6. The molecule has 3 aromatic rings. The summed E-state index contributed by atoms with van der Waals surface area (Å²) in [6.07, 6.45) is 0. The molecular weight excluding hydrogens is 428 g/mol. The van der Waals surface area contributed by atoms with Crippen LogP contribution in [-0.4, -0.2) is 47.8 Å². The summed E-state index contributed by atoms with van der Waals surface area (Å²) in [5, 5.41) is 12.4. The smallest absolute Gasteiger partial charge is 0.234 e. The third-order valence-corrected chi connectivity index (χ3v) is 5.51. The van der Waals surface area contributed by atoms with Crippen LogP contribution in [0.2, 0.25) is 5.02 Å². The number of halogens is 1. The Balaban J connectivity index is 1.72. The highest BCUT2D eigenvalue weighted by Crippen LogP contribution is 2.33. The van der Waals surface area contributed by atoms with E-state index < -0.39 is 0 Å². The second kappa shape index (κ2) is 9.73. The Kier molecular flexibility index (Phi) is 7.07. The van der Waals surface area contributed by atoms with Crippen LogP contribution in [0.25, 0.3) is 11.4 Å². The monoisotopic (exact) mass is 448 g/mol. The number of aromatic nitrogens is 3. The minimum absolute atomic E-state index is 0.138. The van der Waals surface area contributed by atoms with Gasteiger partial charge in [-0.2, -0.15) is 0 Å². The number of amides is 1. The number of nitrogens with zero attached hydrogens (tertiary/aromatic N) is 3. The van der Waals surface area contributed by atoms with Crippen LogP contribution in [0.4, 0.5) is 5.69 Å². The lowest BCUT2D eigenvalue weighted by Gasteiger charge is -2.11. The number of nitrogens with one attached hydrogen (secondary N) is 1. The number of carbonyl (C=O) groups is 1. The molecule has 30 heavy (non-hydrogen) atoms. The van der Waals surface area contributed by atoms with Gasteiger partial charge in [-0.1, -0.05) is 23.4 Å². The van der Waals surface area contributed by atoms with E-state index in [1.54, 1.807) is 55.2 Å². The van der Waals surface area contributed by atoms with E-state index in [1.807, 2.05) is 7.05 Å². The Morgan fingerprint density at radius 3 is 2.50 bits per heavy atom. The maximum Gasteiger partial charge on any atom is 0.234 e. The summed E-state index contributed by atoms with van der Waals surface area (Å²) in [4.78, 5) is 12.5. The molecule has 0 atom stereocenters. The lowest BCUT2D eigenvalue weighted by Crippen LogP contribution is -2.15. The van der Waals surface area contributed by atoms with Crippen molar-refractivity contribution in [3.63, 3.8) is 0 Å². The highest BCUT2D eigenvalue weighted by atomic mass is 35.5. The first kappa shape index (κ1) is 21.8. The van der Waals surface area contributed by atoms with E-state index in [4.69, 9.17) is 25.8 Å². The molecule has 1 heterocycles. The number of hydrogen-bond donors (Lipinski definition) is 1. The molecule has 2 aromatic carbocycles. The van der Waals surface area contributed by atoms with Gasteiger partial charge in [-0.15, -0.1) is 10.2 Å².